The molecule has 5 nitrogen and oxygen atoms in total. The summed E-state index contributed by atoms with van der Waals surface area (Å²) in [6, 6.07) is 12.2. The fourth-order valence-corrected chi connectivity index (χ4v) is 3.25. The van der Waals surface area contributed by atoms with Crippen LogP contribution >= 0.6 is 11.6 Å². The molecule has 21 heavy (non-hydrogen) atoms. The number of halogens is 1. The average molecular weight is 323 g/mol. The van der Waals surface area contributed by atoms with Crippen LogP contribution in [0.3, 0.4) is 0 Å². The molecule has 108 valence electrons. The number of aromatic hydroxyl groups is 1. The second-order valence-corrected chi connectivity index (χ2v) is 6.35. The Hall–Kier alpha value is -2.07. The first kappa shape index (κ1) is 15.3. The molecular formula is C14H11ClN2O3S. The van der Waals surface area contributed by atoms with Gasteiger partial charge >= 0.3 is 0 Å². The number of sulfonamides is 1. The lowest BCUT2D eigenvalue weighted by Crippen LogP contribution is -2.23. The smallest absolute Gasteiger partial charge is 0.242 e. The van der Waals surface area contributed by atoms with Crippen LogP contribution in [0, 0.1) is 11.3 Å². The van der Waals surface area contributed by atoms with Crippen LogP contribution in [0.15, 0.2) is 47.4 Å². The third kappa shape index (κ3) is 3.52. The SMILES string of the molecule is N#Cc1ccc(S(=O)(=O)NCc2ccccc2O)c(Cl)c1. The van der Waals surface area contributed by atoms with Crippen molar-refractivity contribution in [1.82, 2.24) is 4.72 Å². The van der Waals surface area contributed by atoms with Gasteiger partial charge in [-0.05, 0) is 24.3 Å². The zero-order valence-electron chi connectivity index (χ0n) is 10.7. The summed E-state index contributed by atoms with van der Waals surface area (Å²) in [5.41, 5.74) is 0.727. The normalized spacial score (nSPS) is 11.0. The zero-order chi connectivity index (χ0) is 15.5. The van der Waals surface area contributed by atoms with Crippen LogP contribution in [0.2, 0.25) is 5.02 Å². The number of phenolic OH excluding ortho intramolecular Hbond substituents is 1. The molecule has 0 aliphatic heterocycles. The molecule has 2 rings (SSSR count). The summed E-state index contributed by atoms with van der Waals surface area (Å²) in [6.07, 6.45) is 0. The van der Waals surface area contributed by atoms with Crippen LogP contribution in [0.25, 0.3) is 0 Å². The van der Waals surface area contributed by atoms with Crippen molar-refractivity contribution in [2.24, 2.45) is 0 Å². The van der Waals surface area contributed by atoms with Gasteiger partial charge in [0.05, 0.1) is 16.7 Å². The van der Waals surface area contributed by atoms with Crippen LogP contribution in [-0.4, -0.2) is 13.5 Å². The van der Waals surface area contributed by atoms with Gasteiger partial charge in [0.25, 0.3) is 0 Å². The molecule has 0 fully saturated rings. The number of rotatable bonds is 4. The molecule has 0 heterocycles. The third-order valence-corrected chi connectivity index (χ3v) is 4.68. The Morgan fingerprint density at radius 2 is 1.95 bits per heavy atom. The largest absolute Gasteiger partial charge is 0.508 e. The van der Waals surface area contributed by atoms with Crippen LogP contribution in [-0.2, 0) is 16.6 Å². The second kappa shape index (κ2) is 6.14. The maximum absolute atomic E-state index is 12.2. The molecule has 2 aromatic carbocycles. The van der Waals surface area contributed by atoms with Crippen LogP contribution in [0.1, 0.15) is 11.1 Å². The number of hydrogen-bond acceptors (Lipinski definition) is 4. The van der Waals surface area contributed by atoms with E-state index in [4.69, 9.17) is 16.9 Å². The van der Waals surface area contributed by atoms with Gasteiger partial charge < -0.3 is 5.11 Å². The van der Waals surface area contributed by atoms with Crippen molar-refractivity contribution >= 4 is 21.6 Å². The minimum absolute atomic E-state index is 0.00567. The first-order chi connectivity index (χ1) is 9.94. The summed E-state index contributed by atoms with van der Waals surface area (Å²) >= 11 is 5.89. The Bertz CT molecular complexity index is 813. The van der Waals surface area contributed by atoms with Gasteiger partial charge in [0.15, 0.2) is 0 Å². The molecule has 7 heteroatoms. The molecule has 0 unspecified atom stereocenters. The Morgan fingerprint density at radius 3 is 2.57 bits per heavy atom. The van der Waals surface area contributed by atoms with Crippen molar-refractivity contribution in [2.45, 2.75) is 11.4 Å². The molecule has 0 radical (unpaired) electrons. The summed E-state index contributed by atoms with van der Waals surface area (Å²) in [5, 5.41) is 18.3. The minimum atomic E-state index is -3.83. The van der Waals surface area contributed by atoms with Gasteiger partial charge in [-0.1, -0.05) is 29.8 Å². The molecular weight excluding hydrogens is 312 g/mol. The van der Waals surface area contributed by atoms with Crippen molar-refractivity contribution in [3.8, 4) is 11.8 Å². The van der Waals surface area contributed by atoms with Crippen molar-refractivity contribution in [3.05, 3.63) is 58.6 Å². The minimum Gasteiger partial charge on any atom is -0.508 e. The quantitative estimate of drug-likeness (QED) is 0.904. The van der Waals surface area contributed by atoms with Crippen molar-refractivity contribution in [3.63, 3.8) is 0 Å². The third-order valence-electron chi connectivity index (χ3n) is 2.79. The average Bonchev–Trinajstić information content (AvgIpc) is 2.46. The monoisotopic (exact) mass is 322 g/mol. The summed E-state index contributed by atoms with van der Waals surface area (Å²) < 4.78 is 26.7. The molecule has 0 aliphatic carbocycles. The summed E-state index contributed by atoms with van der Waals surface area (Å²) in [4.78, 5) is -0.112. The maximum atomic E-state index is 12.2. The van der Waals surface area contributed by atoms with Crippen LogP contribution in [0.5, 0.6) is 5.75 Å². The molecule has 0 bridgehead atoms. The lowest BCUT2D eigenvalue weighted by molar-refractivity contribution is 0.467. The number of phenols is 1. The first-order valence-corrected chi connectivity index (χ1v) is 7.76. The van der Waals surface area contributed by atoms with E-state index in [2.05, 4.69) is 4.72 Å². The van der Waals surface area contributed by atoms with Crippen molar-refractivity contribution in [2.75, 3.05) is 0 Å². The van der Waals surface area contributed by atoms with Crippen molar-refractivity contribution < 1.29 is 13.5 Å². The van der Waals surface area contributed by atoms with Crippen molar-refractivity contribution in [1.29, 1.82) is 5.26 Å². The number of hydrogen-bond donors (Lipinski definition) is 2. The van der Waals surface area contributed by atoms with E-state index in [1.807, 2.05) is 6.07 Å². The Balaban J connectivity index is 2.24. The van der Waals surface area contributed by atoms with E-state index in [0.717, 1.165) is 0 Å². The Morgan fingerprint density at radius 1 is 1.24 bits per heavy atom. The highest BCUT2D eigenvalue weighted by Gasteiger charge is 2.18. The van der Waals surface area contributed by atoms with Gasteiger partial charge in [-0.2, -0.15) is 5.26 Å². The molecule has 0 saturated carbocycles. The molecule has 0 atom stereocenters. The number of nitriles is 1. The molecule has 0 amide bonds. The fourth-order valence-electron chi connectivity index (χ4n) is 1.70. The summed E-state index contributed by atoms with van der Waals surface area (Å²) in [5.74, 6) is 0.00567. The number of benzene rings is 2. The van der Waals surface area contributed by atoms with E-state index in [-0.39, 0.29) is 27.8 Å². The predicted octanol–water partition coefficient (Wildman–Crippen LogP) is 2.40. The van der Waals surface area contributed by atoms with Gasteiger partial charge in [0.1, 0.15) is 10.6 Å². The van der Waals surface area contributed by atoms with E-state index in [1.54, 1.807) is 18.2 Å². The number of para-hydroxylation sites is 1. The lowest BCUT2D eigenvalue weighted by atomic mass is 10.2. The standard InChI is InChI=1S/C14H11ClN2O3S/c15-12-7-10(8-16)5-6-14(12)21(19,20)17-9-11-3-1-2-4-13(11)18/h1-7,17-18H,9H2. The molecule has 0 spiro atoms. The molecule has 0 aromatic heterocycles. The molecule has 2 aromatic rings. The van der Waals surface area contributed by atoms with Gasteiger partial charge in [0, 0.05) is 12.1 Å². The van der Waals surface area contributed by atoms with Crippen LogP contribution in [0.4, 0.5) is 0 Å². The fraction of sp³-hybridized carbons (Fsp3) is 0.0714. The number of nitrogens with zero attached hydrogens (tertiary/aromatic N) is 1. The molecule has 0 saturated heterocycles. The van der Waals surface area contributed by atoms with Gasteiger partial charge in [-0.15, -0.1) is 0 Å². The second-order valence-electron chi connectivity index (χ2n) is 4.21. The predicted molar refractivity (Wildman–Crippen MR) is 78.3 cm³/mol. The highest BCUT2D eigenvalue weighted by molar-refractivity contribution is 7.89. The van der Waals surface area contributed by atoms with Gasteiger partial charge in [-0.3, -0.25) is 0 Å². The maximum Gasteiger partial charge on any atom is 0.242 e. The highest BCUT2D eigenvalue weighted by atomic mass is 35.5. The molecule has 2 N–H and O–H groups in total. The highest BCUT2D eigenvalue weighted by Crippen LogP contribution is 2.23. The van der Waals surface area contributed by atoms with Gasteiger partial charge in [-0.25, -0.2) is 13.1 Å². The van der Waals surface area contributed by atoms with E-state index in [9.17, 15) is 13.5 Å². The molecule has 0 aliphatic rings. The first-order valence-electron chi connectivity index (χ1n) is 5.90. The van der Waals surface area contributed by atoms with E-state index in [0.29, 0.717) is 5.56 Å². The zero-order valence-corrected chi connectivity index (χ0v) is 12.3. The Kier molecular flexibility index (Phi) is 4.48. The Labute approximate surface area is 127 Å². The van der Waals surface area contributed by atoms with E-state index >= 15 is 0 Å². The van der Waals surface area contributed by atoms with Crippen LogP contribution < -0.4 is 4.72 Å². The summed E-state index contributed by atoms with van der Waals surface area (Å²) in [7, 11) is -3.83. The van der Waals surface area contributed by atoms with Gasteiger partial charge in [0.2, 0.25) is 10.0 Å². The lowest BCUT2D eigenvalue weighted by Gasteiger charge is -2.09. The topological polar surface area (TPSA) is 90.2 Å². The van der Waals surface area contributed by atoms with E-state index < -0.39 is 10.0 Å². The van der Waals surface area contributed by atoms with E-state index in [1.165, 1.54) is 24.3 Å². The summed E-state index contributed by atoms with van der Waals surface area (Å²) in [6.45, 7) is -0.0641. The number of nitrogens with one attached hydrogen (secondary N) is 1.